The van der Waals surface area contributed by atoms with Crippen LogP contribution < -0.4 is 10.6 Å². The lowest BCUT2D eigenvalue weighted by Gasteiger charge is -2.39. The highest BCUT2D eigenvalue weighted by Crippen LogP contribution is 2.40. The molecule has 0 spiro atoms. The van der Waals surface area contributed by atoms with Crippen molar-refractivity contribution in [2.24, 2.45) is 0 Å². The van der Waals surface area contributed by atoms with E-state index in [1.54, 1.807) is 0 Å². The summed E-state index contributed by atoms with van der Waals surface area (Å²) in [7, 11) is 1.99. The zero-order valence-electron chi connectivity index (χ0n) is 13.7. The topological polar surface area (TPSA) is 52.8 Å². The van der Waals surface area contributed by atoms with Gasteiger partial charge in [-0.15, -0.1) is 0 Å². The number of nitrogens with two attached hydrogens (primary N) is 1. The molecule has 0 radical (unpaired) electrons. The highest BCUT2D eigenvalue weighted by atomic mass is 16.1. The van der Waals surface area contributed by atoms with Gasteiger partial charge in [0, 0.05) is 55.7 Å². The van der Waals surface area contributed by atoms with Crippen LogP contribution in [-0.2, 0) is 11.3 Å². The predicted molar refractivity (Wildman–Crippen MR) is 90.0 cm³/mol. The van der Waals surface area contributed by atoms with Gasteiger partial charge in [-0.2, -0.15) is 0 Å². The van der Waals surface area contributed by atoms with Gasteiger partial charge in [0.2, 0.25) is 0 Å². The molecule has 5 heteroatoms. The molecule has 1 fully saturated rings. The van der Waals surface area contributed by atoms with E-state index in [2.05, 4.69) is 34.6 Å². The first-order valence-electron chi connectivity index (χ1n) is 8.08. The van der Waals surface area contributed by atoms with Gasteiger partial charge in [-0.1, -0.05) is 0 Å². The maximum atomic E-state index is 11.4. The molecule has 120 valence electrons. The summed E-state index contributed by atoms with van der Waals surface area (Å²) in [5.74, 6) is 0. The number of benzene rings is 1. The molecule has 0 aliphatic carbocycles. The van der Waals surface area contributed by atoms with Crippen LogP contribution in [0.1, 0.15) is 31.0 Å². The number of piperazine rings is 1. The summed E-state index contributed by atoms with van der Waals surface area (Å²) in [6, 6.07) is 4.48. The lowest BCUT2D eigenvalue weighted by atomic mass is 10.0. The van der Waals surface area contributed by atoms with Crippen LogP contribution in [0.25, 0.3) is 0 Å². The van der Waals surface area contributed by atoms with Gasteiger partial charge in [-0.05, 0) is 38.6 Å². The molecule has 2 N–H and O–H groups in total. The minimum absolute atomic E-state index is 0.202. The quantitative estimate of drug-likeness (QED) is 0.677. The molecule has 1 unspecified atom stereocenters. The highest BCUT2D eigenvalue weighted by Gasteiger charge is 2.33. The molecule has 0 aromatic heterocycles. The van der Waals surface area contributed by atoms with Crippen molar-refractivity contribution in [2.75, 3.05) is 43.9 Å². The van der Waals surface area contributed by atoms with Gasteiger partial charge >= 0.3 is 0 Å². The summed E-state index contributed by atoms with van der Waals surface area (Å²) in [6.07, 6.45) is 1.00. The number of carbonyl (C=O) groups is 1. The van der Waals surface area contributed by atoms with Gasteiger partial charge in [-0.25, -0.2) is 0 Å². The van der Waals surface area contributed by atoms with Crippen molar-refractivity contribution in [1.29, 1.82) is 0 Å². The highest BCUT2D eigenvalue weighted by molar-refractivity contribution is 5.75. The minimum Gasteiger partial charge on any atom is -0.398 e. The van der Waals surface area contributed by atoms with E-state index in [1.165, 1.54) is 11.3 Å². The number of rotatable bonds is 3. The van der Waals surface area contributed by atoms with Gasteiger partial charge < -0.3 is 15.4 Å². The molecule has 1 saturated heterocycles. The van der Waals surface area contributed by atoms with Crippen molar-refractivity contribution in [3.8, 4) is 0 Å². The number of likely N-dealkylation sites (N-methyl/N-ethyl adjacent to an activating group) is 1. The summed E-state index contributed by atoms with van der Waals surface area (Å²) in [4.78, 5) is 18.4. The predicted octanol–water partition coefficient (Wildman–Crippen LogP) is 1.48. The van der Waals surface area contributed by atoms with Gasteiger partial charge in [0.05, 0.1) is 6.04 Å². The number of hydrogen-bond donors (Lipinski definition) is 1. The lowest BCUT2D eigenvalue weighted by Crippen LogP contribution is -2.49. The molecule has 1 aromatic rings. The van der Waals surface area contributed by atoms with Crippen LogP contribution in [0.4, 0.5) is 11.4 Å². The van der Waals surface area contributed by atoms with Gasteiger partial charge in [0.15, 0.2) is 0 Å². The summed E-state index contributed by atoms with van der Waals surface area (Å²) < 4.78 is 0. The van der Waals surface area contributed by atoms with Crippen LogP contribution in [-0.4, -0.2) is 55.4 Å². The second-order valence-electron chi connectivity index (χ2n) is 6.68. The zero-order chi connectivity index (χ0) is 15.9. The monoisotopic (exact) mass is 302 g/mol. The summed E-state index contributed by atoms with van der Waals surface area (Å²) in [6.45, 7) is 9.53. The Morgan fingerprint density at radius 3 is 2.50 bits per heavy atom. The van der Waals surface area contributed by atoms with E-state index in [0.717, 1.165) is 50.3 Å². The fourth-order valence-electron chi connectivity index (χ4n) is 3.70. The van der Waals surface area contributed by atoms with E-state index in [0.29, 0.717) is 6.04 Å². The molecule has 0 bridgehead atoms. The third-order valence-electron chi connectivity index (χ3n) is 5.06. The summed E-state index contributed by atoms with van der Waals surface area (Å²) in [5.41, 5.74) is 10.4. The fourth-order valence-corrected chi connectivity index (χ4v) is 3.70. The van der Waals surface area contributed by atoms with Crippen LogP contribution in [0.5, 0.6) is 0 Å². The number of carbonyl (C=O) groups excluding carboxylic acids is 1. The van der Waals surface area contributed by atoms with Crippen molar-refractivity contribution in [3.05, 3.63) is 23.3 Å². The van der Waals surface area contributed by atoms with E-state index in [4.69, 9.17) is 5.73 Å². The first kappa shape index (κ1) is 15.3. The first-order chi connectivity index (χ1) is 10.5. The molecule has 1 atom stereocenters. The molecule has 2 aliphatic rings. The van der Waals surface area contributed by atoms with Crippen LogP contribution in [0.2, 0.25) is 0 Å². The molecule has 3 rings (SSSR count). The minimum atomic E-state index is -0.202. The Hall–Kier alpha value is -1.59. The maximum Gasteiger partial charge on any atom is 0.141 e. The van der Waals surface area contributed by atoms with Crippen molar-refractivity contribution in [2.45, 2.75) is 32.5 Å². The Labute approximate surface area is 132 Å². The third-order valence-corrected chi connectivity index (χ3v) is 5.06. The maximum absolute atomic E-state index is 11.4. The van der Waals surface area contributed by atoms with Crippen molar-refractivity contribution >= 4 is 17.7 Å². The largest absolute Gasteiger partial charge is 0.398 e. The molecule has 0 amide bonds. The van der Waals surface area contributed by atoms with Crippen LogP contribution in [0.3, 0.4) is 0 Å². The standard InChI is InChI=1S/C17H26N4O/c1-12(2)20-6-8-21(9-7-20)15-5-4-14(18)17-13(15)10-19(3)16(17)11-22/h4-5,11-12,16H,6-10,18H2,1-3H3. The average molecular weight is 302 g/mol. The van der Waals surface area contributed by atoms with Crippen molar-refractivity contribution in [3.63, 3.8) is 0 Å². The molecular formula is C17H26N4O. The molecule has 1 aromatic carbocycles. The van der Waals surface area contributed by atoms with Crippen LogP contribution >= 0.6 is 0 Å². The average Bonchev–Trinajstić information content (AvgIpc) is 2.85. The molecule has 2 heterocycles. The second kappa shape index (κ2) is 5.89. The second-order valence-corrected chi connectivity index (χ2v) is 6.68. The van der Waals surface area contributed by atoms with Crippen LogP contribution in [0.15, 0.2) is 12.1 Å². The zero-order valence-corrected chi connectivity index (χ0v) is 13.7. The molecule has 5 nitrogen and oxygen atoms in total. The Balaban J connectivity index is 1.88. The van der Waals surface area contributed by atoms with Gasteiger partial charge in [-0.3, -0.25) is 9.80 Å². The summed E-state index contributed by atoms with van der Waals surface area (Å²) in [5, 5.41) is 0. The lowest BCUT2D eigenvalue weighted by molar-refractivity contribution is -0.111. The van der Waals surface area contributed by atoms with E-state index in [-0.39, 0.29) is 6.04 Å². The molecule has 2 aliphatic heterocycles. The normalized spacial score (nSPS) is 23.1. The summed E-state index contributed by atoms with van der Waals surface area (Å²) >= 11 is 0. The first-order valence-corrected chi connectivity index (χ1v) is 8.08. The Kier molecular flexibility index (Phi) is 4.10. The fraction of sp³-hybridized carbons (Fsp3) is 0.588. The molecule has 22 heavy (non-hydrogen) atoms. The SMILES string of the molecule is CC(C)N1CCN(c2ccc(N)c3c2CN(C)C3C=O)CC1. The smallest absolute Gasteiger partial charge is 0.141 e. The van der Waals surface area contributed by atoms with Gasteiger partial charge in [0.25, 0.3) is 0 Å². The number of nitrogen functional groups attached to an aromatic ring is 1. The number of hydrogen-bond acceptors (Lipinski definition) is 5. The number of aldehydes is 1. The van der Waals surface area contributed by atoms with Crippen molar-refractivity contribution in [1.82, 2.24) is 9.80 Å². The van der Waals surface area contributed by atoms with Gasteiger partial charge in [0.1, 0.15) is 6.29 Å². The van der Waals surface area contributed by atoms with E-state index in [9.17, 15) is 4.79 Å². The van der Waals surface area contributed by atoms with E-state index in [1.807, 2.05) is 13.1 Å². The third kappa shape index (κ3) is 2.48. The number of nitrogens with zero attached hydrogens (tertiary/aromatic N) is 3. The Morgan fingerprint density at radius 1 is 1.23 bits per heavy atom. The van der Waals surface area contributed by atoms with E-state index >= 15 is 0 Å². The van der Waals surface area contributed by atoms with Crippen molar-refractivity contribution < 1.29 is 4.79 Å². The number of anilines is 2. The Morgan fingerprint density at radius 2 is 1.91 bits per heavy atom. The molecule has 0 saturated carbocycles. The van der Waals surface area contributed by atoms with E-state index < -0.39 is 0 Å². The number of fused-ring (bicyclic) bond motifs is 1. The molecular weight excluding hydrogens is 276 g/mol. The van der Waals surface area contributed by atoms with Crippen LogP contribution in [0, 0.1) is 0 Å². The Bertz CT molecular complexity index is 564.